The number of phenols is 1. The lowest BCUT2D eigenvalue weighted by Gasteiger charge is -2.12. The average molecular weight is 464 g/mol. The summed E-state index contributed by atoms with van der Waals surface area (Å²) in [4.78, 5) is 29.0. The van der Waals surface area contributed by atoms with Gasteiger partial charge >= 0.3 is 5.69 Å². The van der Waals surface area contributed by atoms with E-state index in [1.807, 2.05) is 35.2 Å². The van der Waals surface area contributed by atoms with E-state index in [0.717, 1.165) is 17.7 Å². The number of carbonyl (C=O) groups is 1. The Morgan fingerprint density at radius 1 is 0.970 bits per heavy atom. The van der Waals surface area contributed by atoms with E-state index in [1.54, 1.807) is 30.3 Å². The number of hydrogen-bond acceptors (Lipinski definition) is 7. The Bertz CT molecular complexity index is 1490. The van der Waals surface area contributed by atoms with E-state index in [-0.39, 0.29) is 5.56 Å². The Morgan fingerprint density at radius 3 is 2.39 bits per heavy atom. The highest BCUT2D eigenvalue weighted by atomic mass is 32.2. The number of benzene rings is 3. The molecule has 3 aromatic carbocycles. The first-order valence-corrected chi connectivity index (χ1v) is 11.0. The number of carbonyl (C=O) groups excluding carboxylic acids is 1. The number of amides is 1. The normalized spacial score (nSPS) is 11.3. The van der Waals surface area contributed by atoms with Crippen molar-refractivity contribution in [3.63, 3.8) is 0 Å². The highest BCUT2D eigenvalue weighted by Gasteiger charge is 2.22. The van der Waals surface area contributed by atoms with E-state index < -0.39 is 37.2 Å². The number of hydrogen-bond donors (Lipinski definition) is 3. The second kappa shape index (κ2) is 8.65. The molecule has 0 saturated heterocycles. The molecule has 0 spiro atoms. The largest absolute Gasteiger partial charge is 0.502 e. The van der Waals surface area contributed by atoms with E-state index >= 15 is 0 Å². The topological polar surface area (TPSA) is 152 Å². The van der Waals surface area contributed by atoms with Crippen molar-refractivity contribution in [3.05, 3.63) is 94.5 Å². The summed E-state index contributed by atoms with van der Waals surface area (Å²) >= 11 is 0. The lowest BCUT2D eigenvalue weighted by Crippen LogP contribution is -2.41. The van der Waals surface area contributed by atoms with Crippen LogP contribution in [0.3, 0.4) is 0 Å². The number of nitro benzene ring substituents is 1. The van der Waals surface area contributed by atoms with Gasteiger partial charge in [-0.3, -0.25) is 20.3 Å². The van der Waals surface area contributed by atoms with Crippen LogP contribution < -0.4 is 10.3 Å². The lowest BCUT2D eigenvalue weighted by molar-refractivity contribution is -0.386. The van der Waals surface area contributed by atoms with Gasteiger partial charge in [-0.25, -0.2) is 13.4 Å². The number of nitro groups is 1. The molecule has 0 atom stereocenters. The van der Waals surface area contributed by atoms with Crippen molar-refractivity contribution in [2.24, 2.45) is 0 Å². The van der Waals surface area contributed by atoms with Gasteiger partial charge in [0.05, 0.1) is 26.6 Å². The third kappa shape index (κ3) is 4.49. The zero-order valence-electron chi connectivity index (χ0n) is 16.8. The number of sulfonamides is 1. The van der Waals surface area contributed by atoms with Crippen LogP contribution in [0.25, 0.3) is 22.2 Å². The molecule has 0 fully saturated rings. The van der Waals surface area contributed by atoms with Gasteiger partial charge in [-0.05, 0) is 24.3 Å². The molecule has 1 amide bonds. The lowest BCUT2D eigenvalue weighted by atomic mass is 10.0. The van der Waals surface area contributed by atoms with E-state index in [4.69, 9.17) is 0 Å². The number of nitrogens with zero attached hydrogens (tertiary/aromatic N) is 2. The maximum atomic E-state index is 12.9. The van der Waals surface area contributed by atoms with E-state index in [2.05, 4.69) is 10.4 Å². The number of fused-ring (bicyclic) bond motifs is 1. The fraction of sp³-hybridized carbons (Fsp3) is 0. The van der Waals surface area contributed by atoms with Crippen LogP contribution in [0.15, 0.2) is 83.8 Å². The summed E-state index contributed by atoms with van der Waals surface area (Å²) in [5, 5.41) is 21.0. The molecule has 10 nitrogen and oxygen atoms in total. The fourth-order valence-electron chi connectivity index (χ4n) is 3.18. The van der Waals surface area contributed by atoms with Crippen molar-refractivity contribution in [2.75, 3.05) is 0 Å². The van der Waals surface area contributed by atoms with Crippen molar-refractivity contribution >= 4 is 32.5 Å². The van der Waals surface area contributed by atoms with Crippen LogP contribution >= 0.6 is 0 Å². The van der Waals surface area contributed by atoms with Crippen molar-refractivity contribution in [2.45, 2.75) is 4.90 Å². The van der Waals surface area contributed by atoms with Crippen LogP contribution in [-0.4, -0.2) is 29.3 Å². The van der Waals surface area contributed by atoms with Gasteiger partial charge in [0.15, 0.2) is 5.75 Å². The molecular weight excluding hydrogens is 448 g/mol. The number of nitrogens with one attached hydrogen (secondary N) is 2. The van der Waals surface area contributed by atoms with Gasteiger partial charge in [-0.2, -0.15) is 0 Å². The minimum Gasteiger partial charge on any atom is -0.502 e. The molecule has 3 N–H and O–H groups in total. The predicted octanol–water partition coefficient (Wildman–Crippen LogP) is 3.14. The van der Waals surface area contributed by atoms with Crippen LogP contribution in [0, 0.1) is 10.1 Å². The van der Waals surface area contributed by atoms with Gasteiger partial charge in [-0.15, -0.1) is 4.83 Å². The van der Waals surface area contributed by atoms with Gasteiger partial charge in [0, 0.05) is 17.0 Å². The number of rotatable bonds is 6. The molecule has 0 saturated carbocycles. The van der Waals surface area contributed by atoms with Crippen LogP contribution in [0.5, 0.6) is 5.75 Å². The second-order valence-electron chi connectivity index (χ2n) is 6.91. The molecule has 0 aliphatic rings. The van der Waals surface area contributed by atoms with E-state index in [0.29, 0.717) is 22.7 Å². The first-order valence-electron chi connectivity index (χ1n) is 9.51. The number of phenolic OH excluding ortho intramolecular Hbond substituents is 1. The molecule has 0 aliphatic carbocycles. The summed E-state index contributed by atoms with van der Waals surface area (Å²) in [5.74, 6) is -1.43. The van der Waals surface area contributed by atoms with Crippen LogP contribution in [-0.2, 0) is 10.0 Å². The molecule has 0 aliphatic heterocycles. The van der Waals surface area contributed by atoms with E-state index in [9.17, 15) is 28.4 Å². The first-order chi connectivity index (χ1) is 15.8. The maximum absolute atomic E-state index is 12.9. The predicted molar refractivity (Wildman–Crippen MR) is 120 cm³/mol. The maximum Gasteiger partial charge on any atom is 0.312 e. The summed E-state index contributed by atoms with van der Waals surface area (Å²) in [6.07, 6.45) is 0. The molecule has 0 unspecified atom stereocenters. The molecule has 4 rings (SSSR count). The van der Waals surface area contributed by atoms with Crippen LogP contribution in [0.1, 0.15) is 10.4 Å². The first kappa shape index (κ1) is 21.9. The van der Waals surface area contributed by atoms with Crippen molar-refractivity contribution < 1.29 is 23.2 Å². The number of pyridine rings is 1. The molecule has 166 valence electrons. The fourth-order valence-corrected chi connectivity index (χ4v) is 4.04. The van der Waals surface area contributed by atoms with Crippen molar-refractivity contribution in [3.8, 4) is 17.0 Å². The van der Waals surface area contributed by atoms with Crippen molar-refractivity contribution in [1.29, 1.82) is 0 Å². The van der Waals surface area contributed by atoms with E-state index in [1.165, 1.54) is 0 Å². The third-order valence-electron chi connectivity index (χ3n) is 4.78. The molecule has 1 heterocycles. The van der Waals surface area contributed by atoms with Gasteiger partial charge in [0.2, 0.25) is 0 Å². The summed E-state index contributed by atoms with van der Waals surface area (Å²) < 4.78 is 25.1. The zero-order valence-corrected chi connectivity index (χ0v) is 17.6. The molecule has 4 aromatic rings. The summed E-state index contributed by atoms with van der Waals surface area (Å²) in [7, 11) is -4.36. The minimum atomic E-state index is -4.36. The van der Waals surface area contributed by atoms with Gasteiger partial charge in [-0.1, -0.05) is 48.5 Å². The minimum absolute atomic E-state index is 0.179. The van der Waals surface area contributed by atoms with Crippen LogP contribution in [0.4, 0.5) is 5.69 Å². The SMILES string of the molecule is O=C(NNS(=O)(=O)c1ccc(O)c([N+](=O)[O-])c1)c1cc(-c2ccccc2)nc2ccccc12. The van der Waals surface area contributed by atoms with Gasteiger partial charge < -0.3 is 5.11 Å². The number of para-hydroxylation sites is 1. The number of hydrazine groups is 1. The highest BCUT2D eigenvalue weighted by Crippen LogP contribution is 2.28. The van der Waals surface area contributed by atoms with Gasteiger partial charge in [0.1, 0.15) is 0 Å². The van der Waals surface area contributed by atoms with Crippen LogP contribution in [0.2, 0.25) is 0 Å². The molecule has 11 heteroatoms. The Kier molecular flexibility index (Phi) is 5.73. The van der Waals surface area contributed by atoms with Gasteiger partial charge in [0.25, 0.3) is 15.9 Å². The Labute approximate surface area is 187 Å². The molecular formula is C22H16N4O6S. The highest BCUT2D eigenvalue weighted by molar-refractivity contribution is 7.89. The Hall–Kier alpha value is -4.35. The quantitative estimate of drug-likeness (QED) is 0.293. The smallest absolute Gasteiger partial charge is 0.312 e. The summed E-state index contributed by atoms with van der Waals surface area (Å²) in [6, 6.07) is 20.2. The molecule has 0 bridgehead atoms. The number of aromatic nitrogens is 1. The average Bonchev–Trinajstić information content (AvgIpc) is 2.82. The Morgan fingerprint density at radius 2 is 1.67 bits per heavy atom. The molecule has 1 aromatic heterocycles. The summed E-state index contributed by atoms with van der Waals surface area (Å²) in [6.45, 7) is 0. The monoisotopic (exact) mass is 464 g/mol. The second-order valence-corrected chi connectivity index (χ2v) is 8.59. The molecule has 0 radical (unpaired) electrons. The Balaban J connectivity index is 1.66. The molecule has 33 heavy (non-hydrogen) atoms. The van der Waals surface area contributed by atoms with Crippen molar-refractivity contribution in [1.82, 2.24) is 15.2 Å². The standard InChI is InChI=1S/C22H16N4O6S/c27-21-11-10-15(12-20(21)26(29)30)33(31,32)25-24-22(28)17-13-19(14-6-2-1-3-7-14)23-18-9-5-4-8-16(17)18/h1-13,25,27H,(H,24,28). The zero-order chi connectivity index (χ0) is 23.6. The number of aromatic hydroxyl groups is 1. The summed E-state index contributed by atoms with van der Waals surface area (Å²) in [5.41, 5.74) is 3.37. The third-order valence-corrected chi connectivity index (χ3v) is 6.03.